The summed E-state index contributed by atoms with van der Waals surface area (Å²) in [5.41, 5.74) is -0.468. The Kier molecular flexibility index (Phi) is 4.85. The van der Waals surface area contributed by atoms with E-state index in [2.05, 4.69) is 5.32 Å². The molecule has 22 heavy (non-hydrogen) atoms. The Morgan fingerprint density at radius 1 is 1.41 bits per heavy atom. The van der Waals surface area contributed by atoms with E-state index in [9.17, 15) is 15.2 Å². The Morgan fingerprint density at radius 3 is 2.68 bits per heavy atom. The topological polar surface area (TPSA) is 88.5 Å². The third-order valence-corrected chi connectivity index (χ3v) is 3.58. The molecule has 0 bridgehead atoms. The minimum Gasteiger partial charge on any atom is -0.463 e. The van der Waals surface area contributed by atoms with Crippen LogP contribution in [0.5, 0.6) is 0 Å². The van der Waals surface area contributed by atoms with Crippen LogP contribution in [0.3, 0.4) is 0 Å². The first-order valence-electron chi connectivity index (χ1n) is 6.72. The van der Waals surface area contributed by atoms with E-state index < -0.39 is 10.5 Å². The van der Waals surface area contributed by atoms with Crippen LogP contribution in [0.1, 0.15) is 24.0 Å². The molecule has 6 nitrogen and oxygen atoms in total. The summed E-state index contributed by atoms with van der Waals surface area (Å²) in [6, 6.07) is 8.06. The van der Waals surface area contributed by atoms with Crippen LogP contribution in [0.15, 0.2) is 34.7 Å². The maximum absolute atomic E-state index is 10.7. The SMILES string of the molecule is Cc1ccc([C@@](C)(O)CNCc2ccc([N+](=O)[O-])c(Cl)c2)o1. The van der Waals surface area contributed by atoms with Gasteiger partial charge in [-0.25, -0.2) is 0 Å². The van der Waals surface area contributed by atoms with Gasteiger partial charge < -0.3 is 14.8 Å². The average molecular weight is 325 g/mol. The Morgan fingerprint density at radius 2 is 2.14 bits per heavy atom. The van der Waals surface area contributed by atoms with Crippen LogP contribution in [-0.2, 0) is 12.1 Å². The van der Waals surface area contributed by atoms with Gasteiger partial charge in [0.25, 0.3) is 5.69 Å². The Labute approximate surface area is 132 Å². The van der Waals surface area contributed by atoms with Crippen LogP contribution in [0.25, 0.3) is 0 Å². The molecule has 0 unspecified atom stereocenters. The standard InChI is InChI=1S/C15H17ClN2O4/c1-10-3-6-14(22-10)15(2,19)9-17-8-11-4-5-13(18(20)21)12(16)7-11/h3-7,17,19H,8-9H2,1-2H3/t15-/m0/s1. The number of nitro groups is 1. The Bertz CT molecular complexity index is 682. The quantitative estimate of drug-likeness (QED) is 0.629. The molecule has 1 aromatic carbocycles. The first-order chi connectivity index (χ1) is 10.3. The predicted octanol–water partition coefficient (Wildman–Crippen LogP) is 3.15. The van der Waals surface area contributed by atoms with Crippen molar-refractivity contribution >= 4 is 17.3 Å². The van der Waals surface area contributed by atoms with Crippen molar-refractivity contribution in [3.05, 3.63) is 62.6 Å². The second-order valence-electron chi connectivity index (χ2n) is 5.33. The van der Waals surface area contributed by atoms with Gasteiger partial charge in [-0.1, -0.05) is 17.7 Å². The fourth-order valence-electron chi connectivity index (χ4n) is 2.07. The predicted molar refractivity (Wildman–Crippen MR) is 82.8 cm³/mol. The third kappa shape index (κ3) is 3.85. The van der Waals surface area contributed by atoms with Gasteiger partial charge in [0.2, 0.25) is 0 Å². The van der Waals surface area contributed by atoms with Crippen LogP contribution in [0.4, 0.5) is 5.69 Å². The maximum Gasteiger partial charge on any atom is 0.287 e. The van der Waals surface area contributed by atoms with Crippen molar-refractivity contribution in [1.82, 2.24) is 5.32 Å². The number of hydrogen-bond acceptors (Lipinski definition) is 5. The molecule has 2 rings (SSSR count). The molecule has 0 aliphatic heterocycles. The van der Waals surface area contributed by atoms with Gasteiger partial charge in [0.1, 0.15) is 22.1 Å². The number of halogens is 1. The number of benzene rings is 1. The fourth-order valence-corrected chi connectivity index (χ4v) is 2.34. The molecule has 2 aromatic rings. The van der Waals surface area contributed by atoms with Crippen LogP contribution in [0.2, 0.25) is 5.02 Å². The number of hydrogen-bond donors (Lipinski definition) is 2. The minimum absolute atomic E-state index is 0.0951. The van der Waals surface area contributed by atoms with Crippen LogP contribution in [-0.4, -0.2) is 16.6 Å². The van der Waals surface area contributed by atoms with Gasteiger partial charge in [-0.15, -0.1) is 0 Å². The lowest BCUT2D eigenvalue weighted by atomic mass is 10.0. The lowest BCUT2D eigenvalue weighted by molar-refractivity contribution is -0.384. The van der Waals surface area contributed by atoms with E-state index in [-0.39, 0.29) is 17.3 Å². The molecule has 7 heteroatoms. The summed E-state index contributed by atoms with van der Waals surface area (Å²) in [5, 5.41) is 24.3. The highest BCUT2D eigenvalue weighted by atomic mass is 35.5. The van der Waals surface area contributed by atoms with Gasteiger partial charge in [-0.3, -0.25) is 10.1 Å². The summed E-state index contributed by atoms with van der Waals surface area (Å²) in [4.78, 5) is 10.2. The molecule has 0 amide bonds. The molecule has 0 aliphatic rings. The molecule has 1 atom stereocenters. The van der Waals surface area contributed by atoms with Crippen molar-refractivity contribution in [2.45, 2.75) is 26.0 Å². The Balaban J connectivity index is 1.96. The second kappa shape index (κ2) is 6.48. The van der Waals surface area contributed by atoms with Crippen molar-refractivity contribution < 1.29 is 14.4 Å². The largest absolute Gasteiger partial charge is 0.463 e. The lowest BCUT2D eigenvalue weighted by Gasteiger charge is -2.21. The number of nitrogens with one attached hydrogen (secondary N) is 1. The lowest BCUT2D eigenvalue weighted by Crippen LogP contribution is -2.34. The van der Waals surface area contributed by atoms with E-state index in [0.717, 1.165) is 11.3 Å². The summed E-state index contributed by atoms with van der Waals surface area (Å²) < 4.78 is 5.43. The van der Waals surface area contributed by atoms with Crippen molar-refractivity contribution in [3.63, 3.8) is 0 Å². The first kappa shape index (κ1) is 16.5. The summed E-state index contributed by atoms with van der Waals surface area (Å²) in [6.07, 6.45) is 0. The van der Waals surface area contributed by atoms with Crippen molar-refractivity contribution in [2.75, 3.05) is 6.54 Å². The summed E-state index contributed by atoms with van der Waals surface area (Å²) in [6.45, 7) is 4.16. The van der Waals surface area contributed by atoms with Gasteiger partial charge in [0.05, 0.1) is 4.92 Å². The molecule has 1 heterocycles. The smallest absolute Gasteiger partial charge is 0.287 e. The fraction of sp³-hybridized carbons (Fsp3) is 0.333. The molecule has 0 aliphatic carbocycles. The molecule has 0 radical (unpaired) electrons. The number of furan rings is 1. The average Bonchev–Trinajstić information content (AvgIpc) is 2.86. The van der Waals surface area contributed by atoms with Crippen molar-refractivity contribution in [3.8, 4) is 0 Å². The zero-order valence-electron chi connectivity index (χ0n) is 12.3. The molecule has 0 saturated carbocycles. The minimum atomic E-state index is -1.14. The molecule has 0 spiro atoms. The molecule has 118 valence electrons. The second-order valence-corrected chi connectivity index (χ2v) is 5.74. The third-order valence-electron chi connectivity index (χ3n) is 3.28. The van der Waals surface area contributed by atoms with Crippen LogP contribution in [0, 0.1) is 17.0 Å². The maximum atomic E-state index is 10.7. The van der Waals surface area contributed by atoms with Crippen molar-refractivity contribution in [1.29, 1.82) is 0 Å². The van der Waals surface area contributed by atoms with E-state index in [1.807, 2.05) is 6.92 Å². The van der Waals surface area contributed by atoms with Crippen LogP contribution < -0.4 is 5.32 Å². The summed E-state index contributed by atoms with van der Waals surface area (Å²) >= 11 is 5.86. The number of rotatable bonds is 6. The normalized spacial score (nSPS) is 13.8. The number of nitrogens with zero attached hydrogens (tertiary/aromatic N) is 1. The van der Waals surface area contributed by atoms with Gasteiger partial charge in [-0.2, -0.15) is 0 Å². The van der Waals surface area contributed by atoms with Gasteiger partial charge in [0, 0.05) is 19.2 Å². The summed E-state index contributed by atoms with van der Waals surface area (Å²) in [7, 11) is 0. The van der Waals surface area contributed by atoms with E-state index in [1.165, 1.54) is 6.07 Å². The molecule has 0 saturated heterocycles. The first-order valence-corrected chi connectivity index (χ1v) is 7.10. The zero-order chi connectivity index (χ0) is 16.3. The van der Waals surface area contributed by atoms with Gasteiger partial charge in [-0.05, 0) is 37.6 Å². The molecule has 2 N–H and O–H groups in total. The van der Waals surface area contributed by atoms with E-state index in [1.54, 1.807) is 31.2 Å². The number of aryl methyl sites for hydroxylation is 1. The highest BCUT2D eigenvalue weighted by molar-refractivity contribution is 6.32. The molecule has 0 fully saturated rings. The number of aliphatic hydroxyl groups is 1. The highest BCUT2D eigenvalue weighted by Gasteiger charge is 2.26. The van der Waals surface area contributed by atoms with E-state index >= 15 is 0 Å². The van der Waals surface area contributed by atoms with E-state index in [0.29, 0.717) is 12.3 Å². The van der Waals surface area contributed by atoms with Crippen molar-refractivity contribution in [2.24, 2.45) is 0 Å². The summed E-state index contributed by atoms with van der Waals surface area (Å²) in [5.74, 6) is 1.22. The Hall–Kier alpha value is -1.89. The van der Waals surface area contributed by atoms with Gasteiger partial charge >= 0.3 is 0 Å². The molecular weight excluding hydrogens is 308 g/mol. The monoisotopic (exact) mass is 324 g/mol. The van der Waals surface area contributed by atoms with Gasteiger partial charge in [0.15, 0.2) is 0 Å². The zero-order valence-corrected chi connectivity index (χ0v) is 13.1. The molecule has 1 aromatic heterocycles. The molecular formula is C15H17ClN2O4. The van der Waals surface area contributed by atoms with E-state index in [4.69, 9.17) is 16.0 Å². The number of nitro benzene ring substituents is 1. The van der Waals surface area contributed by atoms with Crippen LogP contribution >= 0.6 is 11.6 Å². The highest BCUT2D eigenvalue weighted by Crippen LogP contribution is 2.25.